The van der Waals surface area contributed by atoms with E-state index in [4.69, 9.17) is 0 Å². The molecule has 0 heteroatoms. The van der Waals surface area contributed by atoms with Crippen molar-refractivity contribution in [2.75, 3.05) is 0 Å². The van der Waals surface area contributed by atoms with Crippen LogP contribution in [0, 0.1) is 5.41 Å². The molecule has 0 aromatic heterocycles. The molecular weight excluding hydrogens is 528 g/mol. The molecule has 0 amide bonds. The lowest BCUT2D eigenvalue weighted by molar-refractivity contribution is 0.288. The van der Waals surface area contributed by atoms with Gasteiger partial charge in [0.2, 0.25) is 0 Å². The molecule has 0 bridgehead atoms. The van der Waals surface area contributed by atoms with Gasteiger partial charge >= 0.3 is 0 Å². The standard InChI is InChI=1S/C44H42/c1-42(2,3)35-26-27-36-33(28-35)29-37-39(36)38(30-18-10-7-11-19-30)41(32-20-12-8-13-21-32)44(43(4,5)6,34-24-14-9-15-25-34)40(37)31-22-16-17-23-31/h7-22,24-29H,23H2,1-6H3. The van der Waals surface area contributed by atoms with Crippen molar-refractivity contribution in [1.29, 1.82) is 0 Å². The lowest BCUT2D eigenvalue weighted by atomic mass is 9.48. The van der Waals surface area contributed by atoms with Crippen LogP contribution in [0.2, 0.25) is 0 Å². The molecule has 4 aromatic rings. The van der Waals surface area contributed by atoms with E-state index in [1.165, 1.54) is 66.1 Å². The van der Waals surface area contributed by atoms with E-state index in [9.17, 15) is 0 Å². The van der Waals surface area contributed by atoms with E-state index in [0.29, 0.717) is 0 Å². The monoisotopic (exact) mass is 570 g/mol. The summed E-state index contributed by atoms with van der Waals surface area (Å²) in [6.45, 7) is 14.3. The van der Waals surface area contributed by atoms with Crippen LogP contribution in [0.25, 0.3) is 22.8 Å². The molecule has 1 unspecified atom stereocenters. The molecule has 0 radical (unpaired) electrons. The Balaban J connectivity index is 1.78. The van der Waals surface area contributed by atoms with Crippen LogP contribution in [0.1, 0.15) is 70.2 Å². The van der Waals surface area contributed by atoms with E-state index in [0.717, 1.165) is 6.42 Å². The van der Waals surface area contributed by atoms with Crippen LogP contribution in [0.5, 0.6) is 0 Å². The maximum atomic E-state index is 2.52. The van der Waals surface area contributed by atoms with Crippen LogP contribution in [0.15, 0.2) is 144 Å². The molecule has 0 fully saturated rings. The maximum Gasteiger partial charge on any atom is 0.0520 e. The molecule has 0 saturated heterocycles. The van der Waals surface area contributed by atoms with E-state index in [1.54, 1.807) is 0 Å². The number of allylic oxidation sites excluding steroid dienone is 8. The predicted molar refractivity (Wildman–Crippen MR) is 188 cm³/mol. The van der Waals surface area contributed by atoms with Crippen molar-refractivity contribution in [3.8, 4) is 0 Å². The molecule has 0 N–H and O–H groups in total. The summed E-state index contributed by atoms with van der Waals surface area (Å²) < 4.78 is 0. The summed E-state index contributed by atoms with van der Waals surface area (Å²) in [7, 11) is 0. The summed E-state index contributed by atoms with van der Waals surface area (Å²) in [5.74, 6) is 0. The number of fused-ring (bicyclic) bond motifs is 2. The van der Waals surface area contributed by atoms with Crippen LogP contribution in [0.3, 0.4) is 0 Å². The molecule has 1 atom stereocenters. The van der Waals surface area contributed by atoms with Gasteiger partial charge in [-0.15, -0.1) is 0 Å². The van der Waals surface area contributed by atoms with Crippen molar-refractivity contribution >= 4 is 22.8 Å². The van der Waals surface area contributed by atoms with E-state index in [-0.39, 0.29) is 10.8 Å². The molecular formula is C44H42. The van der Waals surface area contributed by atoms with Gasteiger partial charge in [-0.2, -0.15) is 0 Å². The fourth-order valence-corrected chi connectivity index (χ4v) is 7.92. The summed E-state index contributed by atoms with van der Waals surface area (Å²) in [5, 5.41) is 2.66. The van der Waals surface area contributed by atoms with Gasteiger partial charge in [0, 0.05) is 0 Å². The van der Waals surface area contributed by atoms with Gasteiger partial charge in [0.05, 0.1) is 5.41 Å². The van der Waals surface area contributed by atoms with Gasteiger partial charge < -0.3 is 0 Å². The Morgan fingerprint density at radius 3 is 1.80 bits per heavy atom. The molecule has 3 aliphatic rings. The third-order valence-electron chi connectivity index (χ3n) is 9.82. The number of hydrogen-bond donors (Lipinski definition) is 0. The topological polar surface area (TPSA) is 0 Å². The lowest BCUT2D eigenvalue weighted by Crippen LogP contribution is -2.46. The molecule has 0 spiro atoms. The minimum atomic E-state index is -0.428. The third kappa shape index (κ3) is 4.27. The van der Waals surface area contributed by atoms with Crippen molar-refractivity contribution in [1.82, 2.24) is 0 Å². The van der Waals surface area contributed by atoms with Gasteiger partial charge in [-0.05, 0) is 89.5 Å². The zero-order chi connectivity index (χ0) is 30.7. The van der Waals surface area contributed by atoms with Gasteiger partial charge in [-0.25, -0.2) is 0 Å². The van der Waals surface area contributed by atoms with Gasteiger partial charge in [0.25, 0.3) is 0 Å². The predicted octanol–water partition coefficient (Wildman–Crippen LogP) is 9.72. The summed E-state index contributed by atoms with van der Waals surface area (Å²) in [5.41, 5.74) is 13.1. The summed E-state index contributed by atoms with van der Waals surface area (Å²) in [6, 6.07) is 40.9. The molecule has 7 rings (SSSR count). The summed E-state index contributed by atoms with van der Waals surface area (Å²) >= 11 is 0. The minimum Gasteiger partial charge on any atom is -0.0801 e. The molecule has 0 nitrogen and oxygen atoms in total. The summed E-state index contributed by atoms with van der Waals surface area (Å²) in [4.78, 5) is 0. The first-order valence-electron chi connectivity index (χ1n) is 16.0. The Labute approximate surface area is 263 Å². The SMILES string of the molecule is CC(C)(C)c1ccc2c(c1)=CC1=C(C3=CC=CC3)C(c3ccccc3)(C(C)(C)C)C(c3ccccc3)=C(c3ccccc3)C=21. The molecule has 218 valence electrons. The summed E-state index contributed by atoms with van der Waals surface area (Å²) in [6.07, 6.45) is 10.4. The van der Waals surface area contributed by atoms with Crippen molar-refractivity contribution < 1.29 is 0 Å². The van der Waals surface area contributed by atoms with Crippen molar-refractivity contribution in [2.24, 2.45) is 5.41 Å². The van der Waals surface area contributed by atoms with Crippen LogP contribution in [0.4, 0.5) is 0 Å². The van der Waals surface area contributed by atoms with Gasteiger partial charge in [0.1, 0.15) is 0 Å². The van der Waals surface area contributed by atoms with Crippen LogP contribution in [-0.2, 0) is 10.8 Å². The third-order valence-corrected chi connectivity index (χ3v) is 9.82. The largest absolute Gasteiger partial charge is 0.0801 e. The number of rotatable bonds is 4. The molecule has 3 aliphatic carbocycles. The zero-order valence-corrected chi connectivity index (χ0v) is 26.9. The van der Waals surface area contributed by atoms with E-state index < -0.39 is 5.41 Å². The normalized spacial score (nSPS) is 19.6. The fraction of sp³-hybridized carbons (Fsp3) is 0.227. The van der Waals surface area contributed by atoms with Crippen molar-refractivity contribution in [3.05, 3.63) is 177 Å². The number of hydrogen-bond acceptors (Lipinski definition) is 0. The number of benzene rings is 4. The van der Waals surface area contributed by atoms with Crippen molar-refractivity contribution in [3.63, 3.8) is 0 Å². The quantitative estimate of drug-likeness (QED) is 0.229. The second-order valence-electron chi connectivity index (χ2n) is 14.5. The highest BCUT2D eigenvalue weighted by molar-refractivity contribution is 6.23. The highest BCUT2D eigenvalue weighted by Gasteiger charge is 2.55. The van der Waals surface area contributed by atoms with E-state index >= 15 is 0 Å². The first kappa shape index (κ1) is 28.4. The maximum absolute atomic E-state index is 2.52. The Kier molecular flexibility index (Phi) is 6.67. The minimum absolute atomic E-state index is 0.0723. The Bertz CT molecular complexity index is 2000. The lowest BCUT2D eigenvalue weighted by Gasteiger charge is -2.53. The van der Waals surface area contributed by atoms with Gasteiger partial charge in [-0.1, -0.05) is 169 Å². The molecule has 0 saturated carbocycles. The van der Waals surface area contributed by atoms with Crippen molar-refractivity contribution in [2.45, 2.75) is 58.8 Å². The van der Waals surface area contributed by atoms with Gasteiger partial charge in [0.15, 0.2) is 0 Å². The first-order valence-corrected chi connectivity index (χ1v) is 16.0. The second kappa shape index (κ2) is 10.3. The molecule has 0 heterocycles. The highest BCUT2D eigenvalue weighted by atomic mass is 14.6. The Morgan fingerprint density at radius 2 is 1.23 bits per heavy atom. The first-order chi connectivity index (χ1) is 21.1. The molecule has 0 aliphatic heterocycles. The van der Waals surface area contributed by atoms with Gasteiger partial charge in [-0.3, -0.25) is 0 Å². The van der Waals surface area contributed by atoms with Crippen LogP contribution in [-0.4, -0.2) is 0 Å². The average Bonchev–Trinajstić information content (AvgIpc) is 3.68. The smallest absolute Gasteiger partial charge is 0.0520 e. The van der Waals surface area contributed by atoms with E-state index in [2.05, 4.69) is 175 Å². The second-order valence-corrected chi connectivity index (χ2v) is 14.5. The van der Waals surface area contributed by atoms with E-state index in [1.807, 2.05) is 0 Å². The van der Waals surface area contributed by atoms with Crippen LogP contribution >= 0.6 is 0 Å². The molecule has 4 aromatic carbocycles. The molecule has 44 heavy (non-hydrogen) atoms. The Morgan fingerprint density at radius 1 is 0.614 bits per heavy atom. The zero-order valence-electron chi connectivity index (χ0n) is 26.9. The average molecular weight is 571 g/mol. The fourth-order valence-electron chi connectivity index (χ4n) is 7.92. The highest BCUT2D eigenvalue weighted by Crippen LogP contribution is 2.65. The Hall–Kier alpha value is -4.42. The van der Waals surface area contributed by atoms with Crippen LogP contribution < -0.4 is 10.4 Å².